The molecule has 3 aromatic carbocycles. The molecule has 4 N–H and O–H groups in total. The standard InChI is InChI=1S/C24H18F3N5O2/c25-15-3-1-2-14(10-15)24(34)32-18-7-5-16(26)21(22(18)27)23(33)13-4-6-17-19(11-13)31-20(12-30-17)29-9-8-28/h1-7,10-12H,8-9,28H2,(H,29,31)(H,32,34). The molecule has 0 aliphatic rings. The molecule has 0 unspecified atom stereocenters. The fourth-order valence-electron chi connectivity index (χ4n) is 3.26. The summed E-state index contributed by atoms with van der Waals surface area (Å²) >= 11 is 0. The Balaban J connectivity index is 1.66. The van der Waals surface area contributed by atoms with E-state index in [9.17, 15) is 18.4 Å². The Morgan fingerprint density at radius 1 is 0.941 bits per heavy atom. The van der Waals surface area contributed by atoms with Gasteiger partial charge in [0.2, 0.25) is 0 Å². The summed E-state index contributed by atoms with van der Waals surface area (Å²) in [6.45, 7) is 0.840. The number of nitrogens with one attached hydrogen (secondary N) is 2. The second kappa shape index (κ2) is 9.67. The zero-order valence-corrected chi connectivity index (χ0v) is 17.6. The van der Waals surface area contributed by atoms with Crippen LogP contribution in [0.4, 0.5) is 24.7 Å². The van der Waals surface area contributed by atoms with Crippen molar-refractivity contribution in [3.05, 3.63) is 94.9 Å². The average molecular weight is 465 g/mol. The van der Waals surface area contributed by atoms with Crippen LogP contribution in [-0.4, -0.2) is 34.7 Å². The van der Waals surface area contributed by atoms with E-state index in [4.69, 9.17) is 5.73 Å². The fraction of sp³-hybridized carbons (Fsp3) is 0.0833. The Bertz CT molecular complexity index is 1410. The van der Waals surface area contributed by atoms with Crippen LogP contribution in [0.5, 0.6) is 0 Å². The monoisotopic (exact) mass is 465 g/mol. The summed E-state index contributed by atoms with van der Waals surface area (Å²) in [6, 6.07) is 10.9. The molecule has 0 bridgehead atoms. The van der Waals surface area contributed by atoms with Gasteiger partial charge in [0.05, 0.1) is 28.5 Å². The van der Waals surface area contributed by atoms with Gasteiger partial charge in [-0.25, -0.2) is 18.2 Å². The molecule has 0 aliphatic carbocycles. The molecular formula is C24H18F3N5O2. The van der Waals surface area contributed by atoms with E-state index in [-0.39, 0.29) is 11.1 Å². The number of fused-ring (bicyclic) bond motifs is 1. The maximum absolute atomic E-state index is 15.1. The van der Waals surface area contributed by atoms with E-state index < -0.39 is 40.4 Å². The van der Waals surface area contributed by atoms with Gasteiger partial charge in [0.25, 0.3) is 5.91 Å². The third-order valence-corrected chi connectivity index (χ3v) is 4.91. The van der Waals surface area contributed by atoms with Crippen molar-refractivity contribution in [2.45, 2.75) is 0 Å². The van der Waals surface area contributed by atoms with Gasteiger partial charge in [0.1, 0.15) is 17.5 Å². The predicted molar refractivity (Wildman–Crippen MR) is 121 cm³/mol. The van der Waals surface area contributed by atoms with E-state index in [1.54, 1.807) is 0 Å². The van der Waals surface area contributed by atoms with Crippen molar-refractivity contribution in [2.24, 2.45) is 5.73 Å². The highest BCUT2D eigenvalue weighted by molar-refractivity contribution is 6.12. The van der Waals surface area contributed by atoms with Gasteiger partial charge in [0, 0.05) is 24.2 Å². The minimum absolute atomic E-state index is 0.0239. The van der Waals surface area contributed by atoms with E-state index in [1.807, 2.05) is 0 Å². The van der Waals surface area contributed by atoms with Crippen LogP contribution in [0.2, 0.25) is 0 Å². The molecule has 1 aromatic heterocycles. The zero-order chi connectivity index (χ0) is 24.2. The molecule has 7 nitrogen and oxygen atoms in total. The molecule has 172 valence electrons. The highest BCUT2D eigenvalue weighted by atomic mass is 19.1. The first-order valence-electron chi connectivity index (χ1n) is 10.2. The molecule has 34 heavy (non-hydrogen) atoms. The molecule has 10 heteroatoms. The van der Waals surface area contributed by atoms with Gasteiger partial charge in [-0.1, -0.05) is 6.07 Å². The SMILES string of the molecule is NCCNc1cnc2ccc(C(=O)c3c(F)ccc(NC(=O)c4cccc(F)c4)c3F)cc2n1. The minimum atomic E-state index is -1.25. The number of hydrogen-bond acceptors (Lipinski definition) is 6. The van der Waals surface area contributed by atoms with Gasteiger partial charge >= 0.3 is 0 Å². The van der Waals surface area contributed by atoms with Gasteiger partial charge in [-0.2, -0.15) is 0 Å². The van der Waals surface area contributed by atoms with Crippen molar-refractivity contribution in [3.8, 4) is 0 Å². The van der Waals surface area contributed by atoms with E-state index >= 15 is 4.39 Å². The van der Waals surface area contributed by atoms with E-state index in [0.717, 1.165) is 24.3 Å². The van der Waals surface area contributed by atoms with Gasteiger partial charge in [0.15, 0.2) is 11.6 Å². The predicted octanol–water partition coefficient (Wildman–Crippen LogP) is 3.90. The maximum atomic E-state index is 15.1. The van der Waals surface area contributed by atoms with Crippen LogP contribution in [0.25, 0.3) is 11.0 Å². The first-order chi connectivity index (χ1) is 16.4. The van der Waals surface area contributed by atoms with Gasteiger partial charge in [-0.05, 0) is 48.5 Å². The second-order valence-electron chi connectivity index (χ2n) is 7.25. The second-order valence-corrected chi connectivity index (χ2v) is 7.25. The summed E-state index contributed by atoms with van der Waals surface area (Å²) in [4.78, 5) is 33.9. The lowest BCUT2D eigenvalue weighted by Gasteiger charge is -2.11. The van der Waals surface area contributed by atoms with Gasteiger partial charge in [-0.3, -0.25) is 14.6 Å². The third-order valence-electron chi connectivity index (χ3n) is 4.91. The van der Waals surface area contributed by atoms with Crippen molar-refractivity contribution in [1.29, 1.82) is 0 Å². The normalized spacial score (nSPS) is 10.8. The number of anilines is 2. The molecule has 0 spiro atoms. The smallest absolute Gasteiger partial charge is 0.255 e. The van der Waals surface area contributed by atoms with Crippen LogP contribution in [-0.2, 0) is 0 Å². The molecule has 0 saturated carbocycles. The molecule has 0 fully saturated rings. The summed E-state index contributed by atoms with van der Waals surface area (Å²) in [7, 11) is 0. The highest BCUT2D eigenvalue weighted by Gasteiger charge is 2.23. The summed E-state index contributed by atoms with van der Waals surface area (Å²) < 4.78 is 43.1. The molecule has 1 heterocycles. The fourth-order valence-corrected chi connectivity index (χ4v) is 3.26. The molecular weight excluding hydrogens is 447 g/mol. The molecule has 4 rings (SSSR count). The highest BCUT2D eigenvalue weighted by Crippen LogP contribution is 2.26. The Hall–Kier alpha value is -4.31. The van der Waals surface area contributed by atoms with Gasteiger partial charge < -0.3 is 16.4 Å². The van der Waals surface area contributed by atoms with Crippen molar-refractivity contribution >= 4 is 34.2 Å². The van der Waals surface area contributed by atoms with E-state index in [1.165, 1.54) is 36.5 Å². The van der Waals surface area contributed by atoms with Crippen molar-refractivity contribution in [2.75, 3.05) is 23.7 Å². The number of amides is 1. The van der Waals surface area contributed by atoms with E-state index in [2.05, 4.69) is 20.6 Å². The Morgan fingerprint density at radius 3 is 2.53 bits per heavy atom. The van der Waals surface area contributed by atoms with Crippen LogP contribution in [0.15, 0.2) is 60.8 Å². The largest absolute Gasteiger partial charge is 0.368 e. The number of benzene rings is 3. The lowest BCUT2D eigenvalue weighted by Crippen LogP contribution is -2.16. The zero-order valence-electron chi connectivity index (χ0n) is 17.6. The van der Waals surface area contributed by atoms with Gasteiger partial charge in [-0.15, -0.1) is 0 Å². The quantitative estimate of drug-likeness (QED) is 0.357. The average Bonchev–Trinajstić information content (AvgIpc) is 2.83. The first kappa shape index (κ1) is 22.9. The number of aromatic nitrogens is 2. The lowest BCUT2D eigenvalue weighted by atomic mass is 10.0. The van der Waals surface area contributed by atoms with Crippen molar-refractivity contribution < 1.29 is 22.8 Å². The molecule has 0 aliphatic heterocycles. The maximum Gasteiger partial charge on any atom is 0.255 e. The number of halogens is 3. The van der Waals surface area contributed by atoms with Crippen LogP contribution in [0.1, 0.15) is 26.3 Å². The summed E-state index contributed by atoms with van der Waals surface area (Å²) in [5.74, 6) is -4.33. The minimum Gasteiger partial charge on any atom is -0.368 e. The third kappa shape index (κ3) is 4.71. The molecule has 0 radical (unpaired) electrons. The van der Waals surface area contributed by atoms with Crippen LogP contribution in [0.3, 0.4) is 0 Å². The summed E-state index contributed by atoms with van der Waals surface area (Å²) in [6.07, 6.45) is 1.50. The van der Waals surface area contributed by atoms with Crippen LogP contribution >= 0.6 is 0 Å². The molecule has 0 atom stereocenters. The number of carbonyl (C=O) groups is 2. The Morgan fingerprint density at radius 2 is 1.76 bits per heavy atom. The summed E-state index contributed by atoms with van der Waals surface area (Å²) in [5.41, 5.74) is 4.92. The topological polar surface area (TPSA) is 110 Å². The van der Waals surface area contributed by atoms with Crippen LogP contribution in [0, 0.1) is 17.5 Å². The van der Waals surface area contributed by atoms with Crippen molar-refractivity contribution in [3.63, 3.8) is 0 Å². The number of ketones is 1. The Kier molecular flexibility index (Phi) is 6.51. The molecule has 4 aromatic rings. The van der Waals surface area contributed by atoms with Crippen molar-refractivity contribution in [1.82, 2.24) is 9.97 Å². The Labute approximate surface area is 191 Å². The first-order valence-corrected chi connectivity index (χ1v) is 10.2. The number of hydrogen-bond donors (Lipinski definition) is 3. The van der Waals surface area contributed by atoms with Crippen LogP contribution < -0.4 is 16.4 Å². The number of rotatable bonds is 7. The lowest BCUT2D eigenvalue weighted by molar-refractivity contribution is 0.101. The van der Waals surface area contributed by atoms with E-state index in [0.29, 0.717) is 29.9 Å². The summed E-state index contributed by atoms with van der Waals surface area (Å²) in [5, 5.41) is 5.20. The molecule has 0 saturated heterocycles. The number of carbonyl (C=O) groups excluding carboxylic acids is 2. The number of nitrogens with zero attached hydrogens (tertiary/aromatic N) is 2. The number of nitrogens with two attached hydrogens (primary N) is 1. The molecule has 1 amide bonds.